The van der Waals surface area contributed by atoms with Gasteiger partial charge in [-0.15, -0.1) is 11.3 Å². The fraction of sp³-hybridized carbons (Fsp3) is 0.765. The van der Waals surface area contributed by atoms with Gasteiger partial charge in [0.05, 0.1) is 0 Å². The highest BCUT2D eigenvalue weighted by Gasteiger charge is 2.34. The van der Waals surface area contributed by atoms with Gasteiger partial charge in [0.1, 0.15) is 0 Å². The Morgan fingerprint density at radius 2 is 1.96 bits per heavy atom. The number of amides is 1. The highest BCUT2D eigenvalue weighted by Crippen LogP contribution is 2.34. The molecule has 23 heavy (non-hydrogen) atoms. The molecule has 0 saturated carbocycles. The molecule has 2 unspecified atom stereocenters. The van der Waals surface area contributed by atoms with Crippen molar-refractivity contribution in [2.24, 2.45) is 5.92 Å². The van der Waals surface area contributed by atoms with Crippen molar-refractivity contribution in [2.75, 3.05) is 18.4 Å². The summed E-state index contributed by atoms with van der Waals surface area (Å²) in [6.07, 6.45) is 9.84. The molecular formula is C17H26N4OS. The highest BCUT2D eigenvalue weighted by molar-refractivity contribution is 7.15. The van der Waals surface area contributed by atoms with Gasteiger partial charge in [-0.05, 0) is 63.5 Å². The molecule has 3 saturated heterocycles. The average molecular weight is 334 g/mol. The number of carbonyl (C=O) groups excluding carboxylic acids is 1. The molecule has 0 aromatic carbocycles. The summed E-state index contributed by atoms with van der Waals surface area (Å²) in [5.74, 6) is 1.29. The molecule has 0 spiro atoms. The third-order valence-corrected chi connectivity index (χ3v) is 6.63. The summed E-state index contributed by atoms with van der Waals surface area (Å²) >= 11 is 1.66. The van der Waals surface area contributed by atoms with E-state index in [-0.39, 0.29) is 5.91 Å². The van der Waals surface area contributed by atoms with E-state index in [0.717, 1.165) is 31.1 Å². The second-order valence-corrected chi connectivity index (χ2v) is 8.38. The lowest BCUT2D eigenvalue weighted by Crippen LogP contribution is -2.39. The summed E-state index contributed by atoms with van der Waals surface area (Å²) in [6, 6.07) is 1.30. The molecule has 3 fully saturated rings. The van der Waals surface area contributed by atoms with E-state index in [1.54, 1.807) is 11.3 Å². The van der Waals surface area contributed by atoms with Crippen molar-refractivity contribution in [3.63, 3.8) is 0 Å². The maximum atomic E-state index is 12.3. The minimum atomic E-state index is 0.141. The maximum absolute atomic E-state index is 12.3. The van der Waals surface area contributed by atoms with E-state index in [1.165, 1.54) is 30.6 Å². The molecule has 0 radical (unpaired) electrons. The van der Waals surface area contributed by atoms with E-state index in [0.29, 0.717) is 30.3 Å². The molecular weight excluding hydrogens is 308 g/mol. The van der Waals surface area contributed by atoms with Crippen molar-refractivity contribution in [2.45, 2.75) is 62.9 Å². The number of fused-ring (bicyclic) bond motifs is 2. The molecule has 6 heteroatoms. The molecule has 126 valence electrons. The number of thiazole rings is 1. The third-order valence-electron chi connectivity index (χ3n) is 5.56. The van der Waals surface area contributed by atoms with Crippen molar-refractivity contribution in [3.8, 4) is 0 Å². The largest absolute Gasteiger partial charge is 0.317 e. The van der Waals surface area contributed by atoms with E-state index >= 15 is 0 Å². The van der Waals surface area contributed by atoms with Crippen molar-refractivity contribution >= 4 is 22.4 Å². The molecule has 4 heterocycles. The minimum absolute atomic E-state index is 0.141. The first-order valence-electron chi connectivity index (χ1n) is 8.98. The van der Waals surface area contributed by atoms with Gasteiger partial charge in [-0.2, -0.15) is 0 Å². The van der Waals surface area contributed by atoms with E-state index < -0.39 is 0 Å². The number of hydrogen-bond donors (Lipinski definition) is 3. The number of nitrogens with one attached hydrogen (secondary N) is 3. The normalized spacial score (nSPS) is 31.2. The second kappa shape index (κ2) is 6.87. The van der Waals surface area contributed by atoms with E-state index in [2.05, 4.69) is 20.9 Å². The molecule has 5 nitrogen and oxygen atoms in total. The molecule has 1 aromatic rings. The number of anilines is 1. The Hall–Kier alpha value is -0.980. The van der Waals surface area contributed by atoms with Crippen LogP contribution in [-0.4, -0.2) is 36.1 Å². The number of rotatable bonds is 4. The lowest BCUT2D eigenvalue weighted by Gasteiger charge is -2.28. The monoisotopic (exact) mass is 334 g/mol. The molecule has 2 atom stereocenters. The SMILES string of the molecule is O=C(CC1CC2CCC(C1)N2)Nc1ncc(C2CCNCC2)s1. The zero-order valence-electron chi connectivity index (χ0n) is 13.5. The molecule has 1 amide bonds. The third kappa shape index (κ3) is 3.75. The Balaban J connectivity index is 1.29. The highest BCUT2D eigenvalue weighted by atomic mass is 32.1. The summed E-state index contributed by atoms with van der Waals surface area (Å²) < 4.78 is 0. The Labute approximate surface area is 141 Å². The van der Waals surface area contributed by atoms with Crippen molar-refractivity contribution in [3.05, 3.63) is 11.1 Å². The smallest absolute Gasteiger partial charge is 0.226 e. The summed E-state index contributed by atoms with van der Waals surface area (Å²) in [4.78, 5) is 18.1. The number of hydrogen-bond acceptors (Lipinski definition) is 5. The van der Waals surface area contributed by atoms with Crippen LogP contribution in [0.25, 0.3) is 0 Å². The number of nitrogens with zero attached hydrogens (tertiary/aromatic N) is 1. The van der Waals surface area contributed by atoms with Gasteiger partial charge in [0.25, 0.3) is 0 Å². The molecule has 0 aliphatic carbocycles. The van der Waals surface area contributed by atoms with Crippen LogP contribution in [0.1, 0.15) is 55.7 Å². The van der Waals surface area contributed by atoms with Gasteiger partial charge in [-0.25, -0.2) is 4.98 Å². The number of carbonyl (C=O) groups is 1. The fourth-order valence-corrected chi connectivity index (χ4v) is 5.42. The zero-order chi connectivity index (χ0) is 15.6. The molecule has 3 aliphatic rings. The lowest BCUT2D eigenvalue weighted by atomic mass is 9.89. The van der Waals surface area contributed by atoms with Crippen LogP contribution in [-0.2, 0) is 4.79 Å². The zero-order valence-corrected chi connectivity index (χ0v) is 14.3. The van der Waals surface area contributed by atoms with Crippen LogP contribution in [0.3, 0.4) is 0 Å². The van der Waals surface area contributed by atoms with Crippen LogP contribution < -0.4 is 16.0 Å². The summed E-state index contributed by atoms with van der Waals surface area (Å²) in [5, 5.41) is 10.8. The van der Waals surface area contributed by atoms with E-state index in [9.17, 15) is 4.79 Å². The first-order valence-corrected chi connectivity index (χ1v) is 9.80. The van der Waals surface area contributed by atoms with E-state index in [4.69, 9.17) is 0 Å². The molecule has 2 bridgehead atoms. The Morgan fingerprint density at radius 1 is 1.22 bits per heavy atom. The van der Waals surface area contributed by atoms with Crippen LogP contribution >= 0.6 is 11.3 Å². The van der Waals surface area contributed by atoms with Crippen LogP contribution in [0.2, 0.25) is 0 Å². The number of piperidine rings is 2. The quantitative estimate of drug-likeness (QED) is 0.791. The molecule has 3 N–H and O–H groups in total. The van der Waals surface area contributed by atoms with Gasteiger partial charge in [0.2, 0.25) is 5.91 Å². The van der Waals surface area contributed by atoms with E-state index in [1.807, 2.05) is 6.20 Å². The summed E-state index contributed by atoms with van der Waals surface area (Å²) in [7, 11) is 0. The van der Waals surface area contributed by atoms with Crippen molar-refractivity contribution in [1.29, 1.82) is 0 Å². The second-order valence-electron chi connectivity index (χ2n) is 7.32. The Kier molecular flexibility index (Phi) is 4.64. The van der Waals surface area contributed by atoms with Crippen LogP contribution in [0, 0.1) is 5.92 Å². The minimum Gasteiger partial charge on any atom is -0.317 e. The predicted octanol–water partition coefficient (Wildman–Crippen LogP) is 2.47. The van der Waals surface area contributed by atoms with Gasteiger partial charge in [-0.3, -0.25) is 4.79 Å². The Bertz CT molecular complexity index is 543. The molecule has 4 rings (SSSR count). The standard InChI is InChI=1S/C17H26N4OS/c22-16(9-11-7-13-1-2-14(8-11)20-13)21-17-19-10-15(23-17)12-3-5-18-6-4-12/h10-14,18,20H,1-9H2,(H,19,21,22). The first-order chi connectivity index (χ1) is 11.3. The molecule has 3 aliphatic heterocycles. The number of aromatic nitrogens is 1. The Morgan fingerprint density at radius 3 is 2.70 bits per heavy atom. The topological polar surface area (TPSA) is 66.0 Å². The lowest BCUT2D eigenvalue weighted by molar-refractivity contribution is -0.117. The average Bonchev–Trinajstić information content (AvgIpc) is 3.15. The van der Waals surface area contributed by atoms with Gasteiger partial charge < -0.3 is 16.0 Å². The van der Waals surface area contributed by atoms with Gasteiger partial charge in [0.15, 0.2) is 5.13 Å². The van der Waals surface area contributed by atoms with Crippen molar-refractivity contribution < 1.29 is 4.79 Å². The van der Waals surface area contributed by atoms with Gasteiger partial charge in [0, 0.05) is 29.6 Å². The van der Waals surface area contributed by atoms with Crippen LogP contribution in [0.4, 0.5) is 5.13 Å². The van der Waals surface area contributed by atoms with Crippen molar-refractivity contribution in [1.82, 2.24) is 15.6 Å². The van der Waals surface area contributed by atoms with Crippen LogP contribution in [0.5, 0.6) is 0 Å². The predicted molar refractivity (Wildman–Crippen MR) is 92.9 cm³/mol. The summed E-state index contributed by atoms with van der Waals surface area (Å²) in [6.45, 7) is 2.17. The first kappa shape index (κ1) is 15.5. The maximum Gasteiger partial charge on any atom is 0.226 e. The van der Waals surface area contributed by atoms with Gasteiger partial charge >= 0.3 is 0 Å². The molecule has 1 aromatic heterocycles. The fourth-order valence-electron chi connectivity index (χ4n) is 4.41. The van der Waals surface area contributed by atoms with Crippen LogP contribution in [0.15, 0.2) is 6.20 Å². The van der Waals surface area contributed by atoms with Gasteiger partial charge in [-0.1, -0.05) is 0 Å². The summed E-state index contributed by atoms with van der Waals surface area (Å²) in [5.41, 5.74) is 0.